The third kappa shape index (κ3) is 3.66. The predicted molar refractivity (Wildman–Crippen MR) is 128 cm³/mol. The van der Waals surface area contributed by atoms with Gasteiger partial charge >= 0.3 is 0 Å². The summed E-state index contributed by atoms with van der Waals surface area (Å²) in [5.41, 5.74) is 2.93. The zero-order valence-electron chi connectivity index (χ0n) is 17.7. The largest absolute Gasteiger partial charge is 0.376 e. The molecule has 5 rings (SSSR count). The second kappa shape index (κ2) is 8.18. The third-order valence-corrected chi connectivity index (χ3v) is 5.85. The van der Waals surface area contributed by atoms with Gasteiger partial charge in [0.1, 0.15) is 11.5 Å². The number of nitrogens with zero attached hydrogens (tertiary/aromatic N) is 4. The van der Waals surface area contributed by atoms with Crippen LogP contribution in [0.4, 0.5) is 4.39 Å². The molecule has 3 heterocycles. The monoisotopic (exact) mass is 459 g/mol. The topological polar surface area (TPSA) is 64.2 Å². The van der Waals surface area contributed by atoms with Crippen molar-refractivity contribution in [3.8, 4) is 5.69 Å². The SMILES string of the molecule is C=C(N[C@@H](C)c1cc2cccc(Cl)c2c(=O)n1-c1ccc(F)cc1)c1cnc2cccnn12. The highest BCUT2D eigenvalue weighted by molar-refractivity contribution is 6.35. The van der Waals surface area contributed by atoms with Gasteiger partial charge in [0, 0.05) is 17.6 Å². The normalized spacial score (nSPS) is 12.2. The van der Waals surface area contributed by atoms with E-state index in [0.29, 0.717) is 38.8 Å². The average Bonchev–Trinajstić information content (AvgIpc) is 3.24. The fourth-order valence-electron chi connectivity index (χ4n) is 3.96. The molecule has 0 amide bonds. The van der Waals surface area contributed by atoms with E-state index in [9.17, 15) is 9.18 Å². The minimum absolute atomic E-state index is 0.282. The summed E-state index contributed by atoms with van der Waals surface area (Å²) in [5, 5.41) is 9.17. The highest BCUT2D eigenvalue weighted by atomic mass is 35.5. The summed E-state index contributed by atoms with van der Waals surface area (Å²) in [6.45, 7) is 6.08. The lowest BCUT2D eigenvalue weighted by atomic mass is 10.1. The van der Waals surface area contributed by atoms with Crippen molar-refractivity contribution in [1.29, 1.82) is 0 Å². The number of rotatable bonds is 5. The molecule has 3 aromatic heterocycles. The van der Waals surface area contributed by atoms with Crippen LogP contribution in [-0.4, -0.2) is 19.2 Å². The molecule has 0 aliphatic rings. The van der Waals surface area contributed by atoms with E-state index in [1.807, 2.05) is 31.2 Å². The molecular weight excluding hydrogens is 441 g/mol. The standard InChI is InChI=1S/C25H19ClFN5O/c1-15(30-16(2)22-14-28-23-7-4-12-29-32(22)23)21-13-17-5-3-6-20(26)24(17)25(33)31(21)19-10-8-18(27)9-11-19/h3-15,30H,2H2,1H3/t15-/m0/s1. The minimum atomic E-state index is -0.383. The minimum Gasteiger partial charge on any atom is -0.376 e. The van der Waals surface area contributed by atoms with E-state index in [1.54, 1.807) is 45.7 Å². The van der Waals surface area contributed by atoms with E-state index < -0.39 is 0 Å². The third-order valence-electron chi connectivity index (χ3n) is 5.53. The summed E-state index contributed by atoms with van der Waals surface area (Å²) in [6, 6.07) is 16.3. The van der Waals surface area contributed by atoms with Crippen LogP contribution in [0, 0.1) is 5.82 Å². The van der Waals surface area contributed by atoms with Gasteiger partial charge in [0.05, 0.1) is 28.3 Å². The van der Waals surface area contributed by atoms with E-state index in [2.05, 4.69) is 22.0 Å². The highest BCUT2D eigenvalue weighted by Crippen LogP contribution is 2.26. The molecule has 0 fully saturated rings. The summed E-state index contributed by atoms with van der Waals surface area (Å²) in [5.74, 6) is -0.383. The first kappa shape index (κ1) is 20.9. The fourth-order valence-corrected chi connectivity index (χ4v) is 4.22. The number of imidazole rings is 1. The molecule has 2 aromatic carbocycles. The van der Waals surface area contributed by atoms with E-state index >= 15 is 0 Å². The first-order valence-corrected chi connectivity index (χ1v) is 10.7. The molecule has 8 heteroatoms. The maximum atomic E-state index is 13.6. The lowest BCUT2D eigenvalue weighted by Crippen LogP contribution is -2.28. The van der Waals surface area contributed by atoms with E-state index in [1.165, 1.54) is 12.1 Å². The van der Waals surface area contributed by atoms with Gasteiger partial charge in [-0.1, -0.05) is 30.3 Å². The van der Waals surface area contributed by atoms with Crippen LogP contribution in [-0.2, 0) is 0 Å². The Morgan fingerprint density at radius 1 is 1.15 bits per heavy atom. The van der Waals surface area contributed by atoms with Crippen LogP contribution in [0.5, 0.6) is 0 Å². The summed E-state index contributed by atoms with van der Waals surface area (Å²) >= 11 is 6.37. The highest BCUT2D eigenvalue weighted by Gasteiger charge is 2.19. The molecule has 0 bridgehead atoms. The number of hydrogen-bond donors (Lipinski definition) is 1. The Hall–Kier alpha value is -3.97. The number of pyridine rings is 1. The molecule has 6 nitrogen and oxygen atoms in total. The fraction of sp³-hybridized carbons (Fsp3) is 0.0800. The van der Waals surface area contributed by atoms with Gasteiger partial charge in [0.2, 0.25) is 0 Å². The zero-order chi connectivity index (χ0) is 23.1. The van der Waals surface area contributed by atoms with E-state index in [4.69, 9.17) is 11.6 Å². The van der Waals surface area contributed by atoms with Gasteiger partial charge in [0.15, 0.2) is 5.65 Å². The number of hydrogen-bond acceptors (Lipinski definition) is 4. The van der Waals surface area contributed by atoms with Crippen molar-refractivity contribution in [3.63, 3.8) is 0 Å². The molecule has 0 radical (unpaired) electrons. The van der Waals surface area contributed by atoms with Gasteiger partial charge in [-0.05, 0) is 60.8 Å². The van der Waals surface area contributed by atoms with Gasteiger partial charge in [-0.25, -0.2) is 13.9 Å². The van der Waals surface area contributed by atoms with Gasteiger partial charge in [-0.2, -0.15) is 5.10 Å². The molecule has 0 unspecified atom stereocenters. The lowest BCUT2D eigenvalue weighted by molar-refractivity contribution is 0.625. The number of aromatic nitrogens is 4. The lowest BCUT2D eigenvalue weighted by Gasteiger charge is -2.22. The predicted octanol–water partition coefficient (Wildman–Crippen LogP) is 5.15. The van der Waals surface area contributed by atoms with Crippen molar-refractivity contribution in [2.75, 3.05) is 0 Å². The van der Waals surface area contributed by atoms with Crippen molar-refractivity contribution in [3.05, 3.63) is 112 Å². The summed E-state index contributed by atoms with van der Waals surface area (Å²) in [6.07, 6.45) is 3.37. The number of benzene rings is 2. The average molecular weight is 460 g/mol. The summed E-state index contributed by atoms with van der Waals surface area (Å²) < 4.78 is 16.8. The van der Waals surface area contributed by atoms with Crippen LogP contribution < -0.4 is 10.9 Å². The molecule has 0 saturated carbocycles. The Morgan fingerprint density at radius 2 is 1.94 bits per heavy atom. The van der Waals surface area contributed by atoms with Gasteiger partial charge in [0.25, 0.3) is 5.56 Å². The summed E-state index contributed by atoms with van der Waals surface area (Å²) in [4.78, 5) is 17.9. The van der Waals surface area contributed by atoms with Crippen LogP contribution in [0.25, 0.3) is 27.8 Å². The van der Waals surface area contributed by atoms with Crippen molar-refractivity contribution in [2.45, 2.75) is 13.0 Å². The van der Waals surface area contributed by atoms with Gasteiger partial charge < -0.3 is 5.32 Å². The summed E-state index contributed by atoms with van der Waals surface area (Å²) in [7, 11) is 0. The first-order valence-electron chi connectivity index (χ1n) is 10.3. The van der Waals surface area contributed by atoms with Crippen molar-refractivity contribution >= 4 is 33.7 Å². The molecule has 0 aliphatic heterocycles. The molecule has 5 aromatic rings. The maximum absolute atomic E-state index is 13.6. The quantitative estimate of drug-likeness (QED) is 0.395. The number of nitrogens with one attached hydrogen (secondary N) is 1. The number of halogens is 2. The Labute approximate surface area is 193 Å². The Balaban J connectivity index is 1.63. The van der Waals surface area contributed by atoms with Crippen molar-refractivity contribution < 1.29 is 4.39 Å². The molecule has 0 spiro atoms. The molecule has 1 N–H and O–H groups in total. The molecule has 164 valence electrons. The molecule has 0 saturated heterocycles. The molecular formula is C25H19ClFN5O. The van der Waals surface area contributed by atoms with Crippen molar-refractivity contribution in [2.24, 2.45) is 0 Å². The van der Waals surface area contributed by atoms with E-state index in [0.717, 1.165) is 5.39 Å². The van der Waals surface area contributed by atoms with Crippen LogP contribution >= 0.6 is 11.6 Å². The van der Waals surface area contributed by atoms with Crippen LogP contribution in [0.1, 0.15) is 24.4 Å². The molecule has 1 atom stereocenters. The molecule has 0 aliphatic carbocycles. The second-order valence-corrected chi connectivity index (χ2v) is 8.08. The Morgan fingerprint density at radius 3 is 2.73 bits per heavy atom. The van der Waals surface area contributed by atoms with Crippen LogP contribution in [0.15, 0.2) is 84.4 Å². The Bertz CT molecular complexity index is 1570. The van der Waals surface area contributed by atoms with Gasteiger partial charge in [-0.3, -0.25) is 9.36 Å². The van der Waals surface area contributed by atoms with Crippen LogP contribution in [0.3, 0.4) is 0 Å². The van der Waals surface area contributed by atoms with E-state index in [-0.39, 0.29) is 17.4 Å². The zero-order valence-corrected chi connectivity index (χ0v) is 18.4. The molecule has 33 heavy (non-hydrogen) atoms. The number of fused-ring (bicyclic) bond motifs is 2. The first-order chi connectivity index (χ1) is 15.9. The smallest absolute Gasteiger partial charge is 0.264 e. The Kier molecular flexibility index (Phi) is 5.18. The second-order valence-electron chi connectivity index (χ2n) is 7.67. The maximum Gasteiger partial charge on any atom is 0.264 e. The van der Waals surface area contributed by atoms with Crippen LogP contribution in [0.2, 0.25) is 5.02 Å². The van der Waals surface area contributed by atoms with Crippen molar-refractivity contribution in [1.82, 2.24) is 24.5 Å². The van der Waals surface area contributed by atoms with Gasteiger partial charge in [-0.15, -0.1) is 0 Å².